The van der Waals surface area contributed by atoms with Gasteiger partial charge in [-0.25, -0.2) is 4.79 Å². The number of aromatic nitrogens is 1. The van der Waals surface area contributed by atoms with Gasteiger partial charge in [-0.2, -0.15) is 0 Å². The summed E-state index contributed by atoms with van der Waals surface area (Å²) in [6.45, 7) is 1.95. The molecule has 0 aliphatic carbocycles. The second kappa shape index (κ2) is 5.91. The Hall–Kier alpha value is -3.40. The van der Waals surface area contributed by atoms with Crippen LogP contribution in [-0.4, -0.2) is 10.8 Å². The first-order chi connectivity index (χ1) is 12.1. The lowest BCUT2D eigenvalue weighted by molar-refractivity contribution is 0.104. The molecule has 0 aliphatic heterocycles. The number of aryl methyl sites for hydroxylation is 1. The number of allylic oxidation sites excluding steroid dienone is 1. The van der Waals surface area contributed by atoms with Crippen LogP contribution in [0.1, 0.15) is 21.6 Å². The first kappa shape index (κ1) is 15.1. The Morgan fingerprint density at radius 1 is 1.08 bits per heavy atom. The van der Waals surface area contributed by atoms with E-state index in [-0.39, 0.29) is 11.3 Å². The van der Waals surface area contributed by atoms with E-state index in [1.807, 2.05) is 43.3 Å². The van der Waals surface area contributed by atoms with Gasteiger partial charge in [0.2, 0.25) is 0 Å². The molecule has 1 N–H and O–H groups in total. The van der Waals surface area contributed by atoms with E-state index < -0.39 is 5.63 Å². The second-order valence-corrected chi connectivity index (χ2v) is 5.89. The molecule has 25 heavy (non-hydrogen) atoms. The van der Waals surface area contributed by atoms with Gasteiger partial charge in [-0.05, 0) is 37.3 Å². The van der Waals surface area contributed by atoms with E-state index in [1.54, 1.807) is 24.3 Å². The Kier molecular flexibility index (Phi) is 3.58. The minimum absolute atomic E-state index is 0.0347. The van der Waals surface area contributed by atoms with Crippen LogP contribution in [0.3, 0.4) is 0 Å². The molecule has 0 bridgehead atoms. The fraction of sp³-hybridized carbons (Fsp3) is 0.0476. The smallest absolute Gasteiger partial charge is 0.347 e. The number of ketones is 1. The fourth-order valence-electron chi connectivity index (χ4n) is 3.00. The third kappa shape index (κ3) is 2.68. The Morgan fingerprint density at radius 3 is 2.72 bits per heavy atom. The molecule has 0 atom stereocenters. The zero-order chi connectivity index (χ0) is 17.4. The molecule has 122 valence electrons. The molecule has 0 radical (unpaired) electrons. The number of fused-ring (bicyclic) bond motifs is 2. The Bertz CT molecular complexity index is 1190. The molecule has 4 heteroatoms. The number of hydrogen-bond donors (Lipinski definition) is 1. The molecular formula is C21H15NO3. The minimum atomic E-state index is -0.621. The molecule has 2 aromatic carbocycles. The van der Waals surface area contributed by atoms with Gasteiger partial charge in [0.25, 0.3) is 0 Å². The van der Waals surface area contributed by atoms with Crippen LogP contribution < -0.4 is 5.63 Å². The lowest BCUT2D eigenvalue weighted by atomic mass is 10.1. The van der Waals surface area contributed by atoms with Gasteiger partial charge in [-0.15, -0.1) is 0 Å². The summed E-state index contributed by atoms with van der Waals surface area (Å²) in [6.07, 6.45) is 3.16. The van der Waals surface area contributed by atoms with Crippen molar-refractivity contribution >= 4 is 33.7 Å². The molecule has 0 saturated heterocycles. The Labute approximate surface area is 143 Å². The summed E-state index contributed by atoms with van der Waals surface area (Å²) in [5.74, 6) is -0.371. The van der Waals surface area contributed by atoms with Gasteiger partial charge in [0.15, 0.2) is 5.78 Å². The summed E-state index contributed by atoms with van der Waals surface area (Å²) in [4.78, 5) is 27.9. The number of hydrogen-bond acceptors (Lipinski definition) is 3. The van der Waals surface area contributed by atoms with Crippen LogP contribution in [0.5, 0.6) is 0 Å². The molecule has 0 fully saturated rings. The van der Waals surface area contributed by atoms with Crippen molar-refractivity contribution in [2.45, 2.75) is 6.92 Å². The van der Waals surface area contributed by atoms with Gasteiger partial charge in [0, 0.05) is 27.5 Å². The van der Waals surface area contributed by atoms with Crippen molar-refractivity contribution in [3.05, 3.63) is 87.9 Å². The minimum Gasteiger partial charge on any atom is -0.422 e. The molecule has 4 aromatic rings. The van der Waals surface area contributed by atoms with Crippen LogP contribution in [0, 0.1) is 6.92 Å². The topological polar surface area (TPSA) is 63.1 Å². The number of para-hydroxylation sites is 2. The summed E-state index contributed by atoms with van der Waals surface area (Å²) in [7, 11) is 0. The summed E-state index contributed by atoms with van der Waals surface area (Å²) >= 11 is 0. The Morgan fingerprint density at radius 2 is 1.84 bits per heavy atom. The molecule has 4 rings (SSSR count). The first-order valence-electron chi connectivity index (χ1n) is 7.96. The van der Waals surface area contributed by atoms with Crippen molar-refractivity contribution in [2.75, 3.05) is 0 Å². The van der Waals surface area contributed by atoms with Gasteiger partial charge in [0.05, 0.1) is 0 Å². The van der Waals surface area contributed by atoms with Crippen molar-refractivity contribution in [2.24, 2.45) is 0 Å². The maximum Gasteiger partial charge on any atom is 0.347 e. The number of carbonyl (C=O) groups excluding carboxylic acids is 1. The molecule has 0 amide bonds. The molecule has 0 saturated carbocycles. The van der Waals surface area contributed by atoms with E-state index in [2.05, 4.69) is 4.98 Å². The number of carbonyl (C=O) groups is 1. The average molecular weight is 329 g/mol. The van der Waals surface area contributed by atoms with Gasteiger partial charge in [-0.1, -0.05) is 36.4 Å². The van der Waals surface area contributed by atoms with Crippen molar-refractivity contribution in [3.8, 4) is 0 Å². The highest BCUT2D eigenvalue weighted by Gasteiger charge is 2.12. The highest BCUT2D eigenvalue weighted by molar-refractivity contribution is 6.08. The summed E-state index contributed by atoms with van der Waals surface area (Å²) in [5.41, 5.74) is 2.80. The van der Waals surface area contributed by atoms with E-state index in [9.17, 15) is 9.59 Å². The van der Waals surface area contributed by atoms with E-state index >= 15 is 0 Å². The first-order valence-corrected chi connectivity index (χ1v) is 7.96. The number of rotatable bonds is 3. The largest absolute Gasteiger partial charge is 0.422 e. The van der Waals surface area contributed by atoms with Crippen LogP contribution in [-0.2, 0) is 0 Å². The van der Waals surface area contributed by atoms with Gasteiger partial charge >= 0.3 is 5.63 Å². The monoisotopic (exact) mass is 329 g/mol. The summed E-state index contributed by atoms with van der Waals surface area (Å²) in [6, 6.07) is 16.6. The molecule has 0 spiro atoms. The van der Waals surface area contributed by atoms with Gasteiger partial charge < -0.3 is 9.40 Å². The van der Waals surface area contributed by atoms with Crippen molar-refractivity contribution < 1.29 is 9.21 Å². The molecular weight excluding hydrogens is 314 g/mol. The van der Waals surface area contributed by atoms with Crippen molar-refractivity contribution in [1.82, 2.24) is 4.98 Å². The molecule has 2 aromatic heterocycles. The van der Waals surface area contributed by atoms with Crippen LogP contribution in [0.25, 0.3) is 27.9 Å². The quantitative estimate of drug-likeness (QED) is 0.342. The number of aromatic amines is 1. The SMILES string of the molecule is Cc1[nH]c2ccccc2c1/C=C/C(=O)c1cc2ccccc2oc1=O. The van der Waals surface area contributed by atoms with Gasteiger partial charge in [-0.3, -0.25) is 4.79 Å². The third-order valence-corrected chi connectivity index (χ3v) is 4.25. The van der Waals surface area contributed by atoms with E-state index in [0.717, 1.165) is 27.5 Å². The van der Waals surface area contributed by atoms with Crippen LogP contribution in [0.15, 0.2) is 69.9 Å². The zero-order valence-electron chi connectivity index (χ0n) is 13.6. The normalized spacial score (nSPS) is 11.6. The summed E-state index contributed by atoms with van der Waals surface area (Å²) < 4.78 is 5.23. The lowest BCUT2D eigenvalue weighted by Gasteiger charge is -1.99. The van der Waals surface area contributed by atoms with Crippen LogP contribution in [0.2, 0.25) is 0 Å². The van der Waals surface area contributed by atoms with Crippen LogP contribution >= 0.6 is 0 Å². The third-order valence-electron chi connectivity index (χ3n) is 4.25. The number of benzene rings is 2. The fourth-order valence-corrected chi connectivity index (χ4v) is 3.00. The Balaban J connectivity index is 1.74. The molecule has 4 nitrogen and oxygen atoms in total. The van der Waals surface area contributed by atoms with Gasteiger partial charge in [0.1, 0.15) is 11.1 Å². The number of H-pyrrole nitrogens is 1. The predicted molar refractivity (Wildman–Crippen MR) is 98.9 cm³/mol. The lowest BCUT2D eigenvalue weighted by Crippen LogP contribution is -2.11. The molecule has 2 heterocycles. The molecule has 0 aliphatic rings. The average Bonchev–Trinajstić information content (AvgIpc) is 2.94. The standard InChI is InChI=1S/C21H15NO3/c1-13-15(16-7-3-4-8-18(16)22-13)10-11-19(23)17-12-14-6-2-5-9-20(14)25-21(17)24/h2-12,22H,1H3/b11-10+. The maximum absolute atomic E-state index is 12.5. The van der Waals surface area contributed by atoms with Crippen LogP contribution in [0.4, 0.5) is 0 Å². The van der Waals surface area contributed by atoms with E-state index in [4.69, 9.17) is 4.42 Å². The predicted octanol–water partition coefficient (Wildman–Crippen LogP) is 4.48. The highest BCUT2D eigenvalue weighted by Crippen LogP contribution is 2.23. The van der Waals surface area contributed by atoms with Crippen molar-refractivity contribution in [1.29, 1.82) is 0 Å². The highest BCUT2D eigenvalue weighted by atomic mass is 16.4. The van der Waals surface area contributed by atoms with E-state index in [0.29, 0.717) is 5.58 Å². The second-order valence-electron chi connectivity index (χ2n) is 5.89. The maximum atomic E-state index is 12.5. The van der Waals surface area contributed by atoms with E-state index in [1.165, 1.54) is 6.08 Å². The zero-order valence-corrected chi connectivity index (χ0v) is 13.6. The molecule has 0 unspecified atom stereocenters. The number of nitrogens with one attached hydrogen (secondary N) is 1. The van der Waals surface area contributed by atoms with Crippen molar-refractivity contribution in [3.63, 3.8) is 0 Å². The summed E-state index contributed by atoms with van der Waals surface area (Å²) in [5, 5.41) is 1.76.